The van der Waals surface area contributed by atoms with Crippen LogP contribution in [-0.2, 0) is 22.7 Å². The first-order valence-electron chi connectivity index (χ1n) is 10.5. The zero-order chi connectivity index (χ0) is 22.5. The number of amides is 2. The molecule has 0 aromatic heterocycles. The first-order chi connectivity index (χ1) is 15.5. The van der Waals surface area contributed by atoms with Crippen molar-refractivity contribution >= 4 is 35.1 Å². The molecule has 1 saturated heterocycles. The van der Waals surface area contributed by atoms with Gasteiger partial charge in [-0.05, 0) is 35.7 Å². The molecule has 0 saturated carbocycles. The number of carbonyl (C=O) groups is 2. The number of carbonyl (C=O) groups excluding carboxylic acids is 2. The van der Waals surface area contributed by atoms with E-state index in [1.807, 2.05) is 35.2 Å². The van der Waals surface area contributed by atoms with E-state index in [0.29, 0.717) is 55.8 Å². The Morgan fingerprint density at radius 1 is 1.22 bits per heavy atom. The number of aliphatic hydroxyl groups is 1. The minimum atomic E-state index is -0.0919. The molecule has 2 aliphatic heterocycles. The molecule has 2 N–H and O–H groups in total. The molecule has 168 valence electrons. The number of hydrogen-bond acceptors (Lipinski definition) is 6. The number of nitrogens with zero attached hydrogens (tertiary/aromatic N) is 3. The van der Waals surface area contributed by atoms with Gasteiger partial charge in [0.15, 0.2) is 0 Å². The molecule has 0 aliphatic carbocycles. The van der Waals surface area contributed by atoms with E-state index in [9.17, 15) is 14.7 Å². The highest BCUT2D eigenvalue weighted by molar-refractivity contribution is 6.30. The van der Waals surface area contributed by atoms with E-state index in [1.54, 1.807) is 17.0 Å². The molecule has 0 unspecified atom stereocenters. The number of aliphatic hydroxyl groups excluding tert-OH is 1. The van der Waals surface area contributed by atoms with Crippen molar-refractivity contribution in [2.75, 3.05) is 26.3 Å². The zero-order valence-corrected chi connectivity index (χ0v) is 18.3. The Morgan fingerprint density at radius 3 is 2.81 bits per heavy atom. The number of ether oxygens (including phenoxy) is 1. The third-order valence-corrected chi connectivity index (χ3v) is 5.59. The third kappa shape index (κ3) is 5.38. The Bertz CT molecular complexity index is 1030. The van der Waals surface area contributed by atoms with E-state index in [4.69, 9.17) is 16.3 Å². The Labute approximate surface area is 191 Å². The molecule has 1 fully saturated rings. The fraction of sp³-hybridized carbons (Fsp3) is 0.348. The minimum absolute atomic E-state index is 0.0356. The lowest BCUT2D eigenvalue weighted by Crippen LogP contribution is -2.33. The highest BCUT2D eigenvalue weighted by Crippen LogP contribution is 2.30. The smallest absolute Gasteiger partial charge is 0.246 e. The van der Waals surface area contributed by atoms with Crippen LogP contribution in [0.1, 0.15) is 24.0 Å². The average molecular weight is 457 g/mol. The number of nitrogens with one attached hydrogen (secondary N) is 1. The fourth-order valence-electron chi connectivity index (χ4n) is 3.71. The van der Waals surface area contributed by atoms with E-state index < -0.39 is 0 Å². The van der Waals surface area contributed by atoms with Crippen LogP contribution in [0.5, 0.6) is 5.75 Å². The van der Waals surface area contributed by atoms with Gasteiger partial charge in [0.2, 0.25) is 17.8 Å². The van der Waals surface area contributed by atoms with Crippen molar-refractivity contribution in [1.82, 2.24) is 15.1 Å². The minimum Gasteiger partial charge on any atom is -0.494 e. The van der Waals surface area contributed by atoms with Crippen molar-refractivity contribution in [1.29, 1.82) is 0 Å². The summed E-state index contributed by atoms with van der Waals surface area (Å²) in [5, 5.41) is 12.7. The maximum atomic E-state index is 12.6. The van der Waals surface area contributed by atoms with Crippen LogP contribution in [0.3, 0.4) is 0 Å². The number of fused-ring (bicyclic) bond motifs is 2. The number of hydrogen-bond donors (Lipinski definition) is 2. The molecule has 2 aliphatic rings. The monoisotopic (exact) mass is 456 g/mol. The van der Waals surface area contributed by atoms with Crippen molar-refractivity contribution < 1.29 is 19.4 Å². The van der Waals surface area contributed by atoms with E-state index in [1.165, 1.54) is 0 Å². The van der Waals surface area contributed by atoms with Gasteiger partial charge in [0.1, 0.15) is 12.3 Å². The SMILES string of the molecule is O=C1CN2Cc3ccc(OCCCC(=O)N(CCO)Cc4ccc(Cl)cc4)cc3N=C2N1. The van der Waals surface area contributed by atoms with Crippen molar-refractivity contribution in [2.24, 2.45) is 4.99 Å². The third-order valence-electron chi connectivity index (χ3n) is 5.34. The molecule has 0 spiro atoms. The number of rotatable bonds is 9. The van der Waals surface area contributed by atoms with Gasteiger partial charge in [-0.2, -0.15) is 0 Å². The predicted octanol–water partition coefficient (Wildman–Crippen LogP) is 2.45. The van der Waals surface area contributed by atoms with Crippen molar-refractivity contribution in [3.63, 3.8) is 0 Å². The van der Waals surface area contributed by atoms with Gasteiger partial charge >= 0.3 is 0 Å². The molecule has 2 aromatic carbocycles. The van der Waals surface area contributed by atoms with Gasteiger partial charge < -0.3 is 19.6 Å². The van der Waals surface area contributed by atoms with Gasteiger partial charge in [-0.1, -0.05) is 29.8 Å². The van der Waals surface area contributed by atoms with Gasteiger partial charge in [0.05, 0.1) is 18.9 Å². The Hall–Kier alpha value is -3.10. The molecule has 9 heteroatoms. The standard InChI is InChI=1S/C23H25ClN4O4/c24-18-6-3-16(4-7-18)13-27(9-10-29)22(31)2-1-11-32-19-8-5-17-14-28-15-21(30)26-23(28)25-20(17)12-19/h3-8,12,29H,1-2,9-11,13-15H2,(H,25,26,30). The topological polar surface area (TPSA) is 94.5 Å². The summed E-state index contributed by atoms with van der Waals surface area (Å²) in [4.78, 5) is 32.2. The van der Waals surface area contributed by atoms with Gasteiger partial charge in [-0.15, -0.1) is 0 Å². The number of aliphatic imine (C=N–C) groups is 1. The Balaban J connectivity index is 1.27. The Morgan fingerprint density at radius 2 is 2.03 bits per heavy atom. The van der Waals surface area contributed by atoms with Gasteiger partial charge in [-0.25, -0.2) is 4.99 Å². The molecule has 32 heavy (non-hydrogen) atoms. The van der Waals surface area contributed by atoms with Crippen LogP contribution in [0, 0.1) is 0 Å². The summed E-state index contributed by atoms with van der Waals surface area (Å²) in [5.74, 6) is 1.16. The van der Waals surface area contributed by atoms with Crippen LogP contribution in [0.2, 0.25) is 5.02 Å². The van der Waals surface area contributed by atoms with Crippen LogP contribution in [0.25, 0.3) is 0 Å². The van der Waals surface area contributed by atoms with Crippen molar-refractivity contribution in [2.45, 2.75) is 25.9 Å². The average Bonchev–Trinajstić information content (AvgIpc) is 3.14. The van der Waals surface area contributed by atoms with Crippen LogP contribution < -0.4 is 10.1 Å². The lowest BCUT2D eigenvalue weighted by Gasteiger charge is -2.23. The summed E-state index contributed by atoms with van der Waals surface area (Å²) in [5.41, 5.74) is 2.78. The summed E-state index contributed by atoms with van der Waals surface area (Å²) in [6.07, 6.45) is 0.874. The molecule has 2 heterocycles. The Kier molecular flexibility index (Phi) is 6.92. The second-order valence-corrected chi connectivity index (χ2v) is 8.18. The summed E-state index contributed by atoms with van der Waals surface area (Å²) in [6, 6.07) is 13.0. The first-order valence-corrected chi connectivity index (χ1v) is 10.9. The van der Waals surface area contributed by atoms with E-state index in [2.05, 4.69) is 10.3 Å². The predicted molar refractivity (Wildman–Crippen MR) is 121 cm³/mol. The van der Waals surface area contributed by atoms with Crippen LogP contribution in [-0.4, -0.2) is 59.0 Å². The van der Waals surface area contributed by atoms with E-state index >= 15 is 0 Å². The molecule has 0 atom stereocenters. The maximum absolute atomic E-state index is 12.6. The van der Waals surface area contributed by atoms with Crippen LogP contribution in [0.15, 0.2) is 47.5 Å². The fourth-order valence-corrected chi connectivity index (χ4v) is 3.83. The second-order valence-electron chi connectivity index (χ2n) is 7.75. The zero-order valence-electron chi connectivity index (χ0n) is 17.6. The van der Waals surface area contributed by atoms with Crippen molar-refractivity contribution in [3.8, 4) is 5.75 Å². The number of halogens is 1. The molecule has 2 amide bonds. The summed E-state index contributed by atoms with van der Waals surface area (Å²) < 4.78 is 5.82. The maximum Gasteiger partial charge on any atom is 0.246 e. The van der Waals surface area contributed by atoms with Gasteiger partial charge in [0.25, 0.3) is 0 Å². The van der Waals surface area contributed by atoms with Crippen molar-refractivity contribution in [3.05, 3.63) is 58.6 Å². The highest BCUT2D eigenvalue weighted by Gasteiger charge is 2.29. The lowest BCUT2D eigenvalue weighted by atomic mass is 10.1. The molecule has 0 bridgehead atoms. The number of benzene rings is 2. The van der Waals surface area contributed by atoms with Crippen LogP contribution in [0.4, 0.5) is 5.69 Å². The van der Waals surface area contributed by atoms with Crippen LogP contribution >= 0.6 is 11.6 Å². The molecular weight excluding hydrogens is 432 g/mol. The van der Waals surface area contributed by atoms with Gasteiger partial charge in [0, 0.05) is 37.1 Å². The molecule has 0 radical (unpaired) electrons. The second kappa shape index (κ2) is 10.0. The molecule has 2 aromatic rings. The summed E-state index contributed by atoms with van der Waals surface area (Å²) in [7, 11) is 0. The largest absolute Gasteiger partial charge is 0.494 e. The summed E-state index contributed by atoms with van der Waals surface area (Å²) in [6.45, 7) is 1.96. The molecular formula is C23H25ClN4O4. The van der Waals surface area contributed by atoms with E-state index in [0.717, 1.165) is 16.8 Å². The quantitative estimate of drug-likeness (QED) is 0.565. The molecule has 4 rings (SSSR count). The molecule has 8 nitrogen and oxygen atoms in total. The number of guanidine groups is 1. The van der Waals surface area contributed by atoms with Gasteiger partial charge in [-0.3, -0.25) is 14.9 Å². The first kappa shape index (κ1) is 22.1. The highest BCUT2D eigenvalue weighted by atomic mass is 35.5. The lowest BCUT2D eigenvalue weighted by molar-refractivity contribution is -0.132. The van der Waals surface area contributed by atoms with E-state index in [-0.39, 0.29) is 25.0 Å². The summed E-state index contributed by atoms with van der Waals surface area (Å²) >= 11 is 5.92. The normalized spacial score (nSPS) is 14.4.